The summed E-state index contributed by atoms with van der Waals surface area (Å²) in [6, 6.07) is 16.1. The predicted molar refractivity (Wildman–Crippen MR) is 160 cm³/mol. The Morgan fingerprint density at radius 2 is 1.64 bits per heavy atom. The number of nitrogens with one attached hydrogen (secondary N) is 2. The van der Waals surface area contributed by atoms with Crippen molar-refractivity contribution in [2.75, 3.05) is 26.2 Å². The van der Waals surface area contributed by atoms with Crippen molar-refractivity contribution in [2.45, 2.75) is 90.1 Å². The van der Waals surface area contributed by atoms with E-state index >= 15 is 0 Å². The first-order valence-electron chi connectivity index (χ1n) is 15.3. The number of carbonyl (C=O) groups excluding carboxylic acids is 2. The molecule has 2 saturated heterocycles. The highest BCUT2D eigenvalue weighted by Gasteiger charge is 2.40. The molecule has 2 heterocycles. The number of aliphatic hydroxyl groups is 2. The molecule has 9 nitrogen and oxygen atoms in total. The second-order valence-electron chi connectivity index (χ2n) is 11.6. The summed E-state index contributed by atoms with van der Waals surface area (Å²) in [6.07, 6.45) is 4.28. The van der Waals surface area contributed by atoms with Gasteiger partial charge in [0.2, 0.25) is 11.8 Å². The van der Waals surface area contributed by atoms with Crippen molar-refractivity contribution in [3.8, 4) is 0 Å². The number of likely N-dealkylation sites (tertiary alicyclic amines) is 1. The monoisotopic (exact) mass is 581 g/mol. The number of rotatable bonds is 14. The molecule has 0 radical (unpaired) electrons. The quantitative estimate of drug-likeness (QED) is 0.251. The standard InChI is InChI=1S/C33H47N3O6/c1-23-30(20-36-18-6-7-29(36)22-38)41-33(42-32(23)27-13-11-26(21-37)12-14-27)28-15-9-25(10-16-28)19-35-31(40)8-4-3-5-17-34-24(2)39/h9-16,23,29-30,32-33,37-38H,3-8,17-22H2,1-2H3,(H,34,39)(H,35,40)/t23-,29+,30+,32+,33+/m1/s1. The van der Waals surface area contributed by atoms with E-state index in [0.717, 1.165) is 67.4 Å². The summed E-state index contributed by atoms with van der Waals surface area (Å²) in [5.74, 6) is 0.0787. The Morgan fingerprint density at radius 3 is 2.33 bits per heavy atom. The van der Waals surface area contributed by atoms with Crippen LogP contribution in [0, 0.1) is 5.92 Å². The number of nitrogens with zero attached hydrogens (tertiary/aromatic N) is 1. The van der Waals surface area contributed by atoms with E-state index in [2.05, 4.69) is 22.5 Å². The molecule has 2 aliphatic heterocycles. The van der Waals surface area contributed by atoms with E-state index in [1.807, 2.05) is 48.5 Å². The molecule has 4 N–H and O–H groups in total. The lowest BCUT2D eigenvalue weighted by molar-refractivity contribution is -0.276. The van der Waals surface area contributed by atoms with E-state index in [-0.39, 0.29) is 49.2 Å². The summed E-state index contributed by atoms with van der Waals surface area (Å²) in [5.41, 5.74) is 3.82. The number of hydrogen-bond donors (Lipinski definition) is 4. The highest BCUT2D eigenvalue weighted by molar-refractivity contribution is 5.75. The smallest absolute Gasteiger partial charge is 0.220 e. The van der Waals surface area contributed by atoms with Crippen LogP contribution in [0.5, 0.6) is 0 Å². The van der Waals surface area contributed by atoms with E-state index < -0.39 is 6.29 Å². The van der Waals surface area contributed by atoms with E-state index in [9.17, 15) is 19.8 Å². The van der Waals surface area contributed by atoms with Crippen molar-refractivity contribution in [3.63, 3.8) is 0 Å². The molecule has 2 amide bonds. The van der Waals surface area contributed by atoms with Gasteiger partial charge in [0.25, 0.3) is 0 Å². The highest BCUT2D eigenvalue weighted by Crippen LogP contribution is 2.42. The number of hydrogen-bond acceptors (Lipinski definition) is 7. The molecule has 2 fully saturated rings. The van der Waals surface area contributed by atoms with Crippen LogP contribution in [-0.4, -0.2) is 65.3 Å². The van der Waals surface area contributed by atoms with Gasteiger partial charge in [0.1, 0.15) is 0 Å². The average molecular weight is 582 g/mol. The molecular formula is C33H47N3O6. The first-order chi connectivity index (χ1) is 20.4. The van der Waals surface area contributed by atoms with Gasteiger partial charge in [-0.2, -0.15) is 0 Å². The molecule has 0 unspecified atom stereocenters. The zero-order valence-electron chi connectivity index (χ0n) is 25.0. The fraction of sp³-hybridized carbons (Fsp3) is 0.576. The largest absolute Gasteiger partial charge is 0.395 e. The number of carbonyl (C=O) groups is 2. The Labute approximate surface area is 249 Å². The molecule has 2 aromatic rings. The number of aliphatic hydroxyl groups excluding tert-OH is 2. The summed E-state index contributed by atoms with van der Waals surface area (Å²) >= 11 is 0. The zero-order valence-corrected chi connectivity index (χ0v) is 25.0. The molecular weight excluding hydrogens is 534 g/mol. The van der Waals surface area contributed by atoms with Gasteiger partial charge in [0.05, 0.1) is 25.4 Å². The van der Waals surface area contributed by atoms with E-state index in [0.29, 0.717) is 19.5 Å². The maximum Gasteiger partial charge on any atom is 0.220 e. The van der Waals surface area contributed by atoms with Crippen LogP contribution < -0.4 is 10.6 Å². The van der Waals surface area contributed by atoms with E-state index in [4.69, 9.17) is 9.47 Å². The molecule has 42 heavy (non-hydrogen) atoms. The summed E-state index contributed by atoms with van der Waals surface area (Å²) in [7, 11) is 0. The van der Waals surface area contributed by atoms with Crippen LogP contribution in [0.1, 0.15) is 87.0 Å². The number of benzene rings is 2. The van der Waals surface area contributed by atoms with Gasteiger partial charge >= 0.3 is 0 Å². The van der Waals surface area contributed by atoms with Gasteiger partial charge in [0.15, 0.2) is 6.29 Å². The fourth-order valence-corrected chi connectivity index (χ4v) is 5.83. The zero-order chi connectivity index (χ0) is 29.9. The molecule has 9 heteroatoms. The SMILES string of the molecule is CC(=O)NCCCCCC(=O)NCc1ccc([C@H]2O[C@@H](CN3CCC[C@H]3CO)[C@@H](C)[C@@H](c3ccc(CO)cc3)O2)cc1. The number of ether oxygens (including phenoxy) is 2. The van der Waals surface area contributed by atoms with E-state index in [1.165, 1.54) is 6.92 Å². The van der Waals surface area contributed by atoms with Crippen molar-refractivity contribution in [2.24, 2.45) is 5.92 Å². The van der Waals surface area contributed by atoms with Gasteiger partial charge in [-0.05, 0) is 48.9 Å². The van der Waals surface area contributed by atoms with Gasteiger partial charge in [-0.1, -0.05) is 61.9 Å². The third kappa shape index (κ3) is 9.09. The summed E-state index contributed by atoms with van der Waals surface area (Å²) in [4.78, 5) is 25.5. The summed E-state index contributed by atoms with van der Waals surface area (Å²) in [5, 5.41) is 25.1. The molecule has 5 atom stereocenters. The van der Waals surface area contributed by atoms with Crippen LogP contribution in [0.3, 0.4) is 0 Å². The molecule has 0 spiro atoms. The van der Waals surface area contributed by atoms with Crippen LogP contribution in [0.15, 0.2) is 48.5 Å². The van der Waals surface area contributed by atoms with Crippen molar-refractivity contribution < 1.29 is 29.3 Å². The van der Waals surface area contributed by atoms with Gasteiger partial charge in [0, 0.05) is 50.5 Å². The number of unbranched alkanes of at least 4 members (excludes halogenated alkanes) is 2. The maximum absolute atomic E-state index is 12.3. The summed E-state index contributed by atoms with van der Waals surface area (Å²) in [6.45, 7) is 6.61. The Bertz CT molecular complexity index is 1130. The highest BCUT2D eigenvalue weighted by atomic mass is 16.7. The van der Waals surface area contributed by atoms with Crippen molar-refractivity contribution in [1.82, 2.24) is 15.5 Å². The first-order valence-corrected chi connectivity index (χ1v) is 15.3. The second kappa shape index (κ2) is 16.1. The Morgan fingerprint density at radius 1 is 0.929 bits per heavy atom. The molecule has 0 bridgehead atoms. The normalized spacial score (nSPS) is 24.4. The van der Waals surface area contributed by atoms with Crippen molar-refractivity contribution >= 4 is 11.8 Å². The topological polar surface area (TPSA) is 120 Å². The van der Waals surface area contributed by atoms with Crippen LogP contribution >= 0.6 is 0 Å². The van der Waals surface area contributed by atoms with Crippen LogP contribution in [0.2, 0.25) is 0 Å². The van der Waals surface area contributed by atoms with Gasteiger partial charge in [-0.15, -0.1) is 0 Å². The van der Waals surface area contributed by atoms with Crippen LogP contribution in [0.4, 0.5) is 0 Å². The van der Waals surface area contributed by atoms with Gasteiger partial charge in [-0.3, -0.25) is 14.5 Å². The molecule has 2 aliphatic rings. The minimum atomic E-state index is -0.551. The minimum absolute atomic E-state index is 0.0000358. The van der Waals surface area contributed by atoms with Crippen LogP contribution in [0.25, 0.3) is 0 Å². The number of amides is 2. The van der Waals surface area contributed by atoms with Gasteiger partial charge < -0.3 is 30.3 Å². The molecule has 0 saturated carbocycles. The van der Waals surface area contributed by atoms with Crippen LogP contribution in [-0.2, 0) is 32.2 Å². The Hall–Kier alpha value is -2.82. The Kier molecular flexibility index (Phi) is 12.3. The van der Waals surface area contributed by atoms with Crippen molar-refractivity contribution in [1.29, 1.82) is 0 Å². The molecule has 4 rings (SSSR count). The molecule has 0 aromatic heterocycles. The lowest BCUT2D eigenvalue weighted by Gasteiger charge is -2.43. The lowest BCUT2D eigenvalue weighted by atomic mass is 9.90. The predicted octanol–water partition coefficient (Wildman–Crippen LogP) is 3.74. The minimum Gasteiger partial charge on any atom is -0.395 e. The average Bonchev–Trinajstić information content (AvgIpc) is 3.46. The first kappa shape index (κ1) is 32.1. The summed E-state index contributed by atoms with van der Waals surface area (Å²) < 4.78 is 13.2. The third-order valence-electron chi connectivity index (χ3n) is 8.44. The Balaban J connectivity index is 1.36. The fourth-order valence-electron chi connectivity index (χ4n) is 5.83. The lowest BCUT2D eigenvalue weighted by Crippen LogP contribution is -2.46. The maximum atomic E-state index is 12.3. The van der Waals surface area contributed by atoms with E-state index in [1.54, 1.807) is 0 Å². The molecule has 2 aromatic carbocycles. The molecule has 0 aliphatic carbocycles. The van der Waals surface area contributed by atoms with Crippen molar-refractivity contribution in [3.05, 3.63) is 70.8 Å². The second-order valence-corrected chi connectivity index (χ2v) is 11.6. The molecule has 230 valence electrons. The van der Waals surface area contributed by atoms with Gasteiger partial charge in [-0.25, -0.2) is 0 Å². The third-order valence-corrected chi connectivity index (χ3v) is 8.44.